The van der Waals surface area contributed by atoms with Gasteiger partial charge in [0.1, 0.15) is 5.82 Å². The molecular weight excluding hydrogens is 264 g/mol. The van der Waals surface area contributed by atoms with E-state index in [-0.39, 0.29) is 0 Å². The third-order valence-corrected chi connectivity index (χ3v) is 4.03. The number of anilines is 2. The van der Waals surface area contributed by atoms with Gasteiger partial charge in [0.05, 0.1) is 11.6 Å². The Labute approximate surface area is 124 Å². The molecule has 1 aliphatic carbocycles. The quantitative estimate of drug-likeness (QED) is 0.884. The fourth-order valence-corrected chi connectivity index (χ4v) is 2.70. The predicted octanol–water partition coefficient (Wildman–Crippen LogP) is 2.80. The van der Waals surface area contributed by atoms with Crippen molar-refractivity contribution in [3.05, 3.63) is 24.3 Å². The van der Waals surface area contributed by atoms with Crippen LogP contribution in [0, 0.1) is 0 Å². The minimum atomic E-state index is 0.304. The molecule has 2 N–H and O–H groups in total. The smallest absolute Gasteiger partial charge is 0.225 e. The van der Waals surface area contributed by atoms with E-state index in [9.17, 15) is 0 Å². The molecule has 1 unspecified atom stereocenters. The van der Waals surface area contributed by atoms with E-state index in [4.69, 9.17) is 4.74 Å². The lowest BCUT2D eigenvalue weighted by atomic mass is 10.2. The third-order valence-electron chi connectivity index (χ3n) is 4.03. The van der Waals surface area contributed by atoms with Gasteiger partial charge in [-0.2, -0.15) is 4.98 Å². The fraction of sp³-hybridized carbons (Fsp3) is 0.500. The minimum absolute atomic E-state index is 0.304. The lowest BCUT2D eigenvalue weighted by molar-refractivity contribution is 0.120. The van der Waals surface area contributed by atoms with Crippen LogP contribution >= 0.6 is 0 Å². The second-order valence-electron chi connectivity index (χ2n) is 5.85. The van der Waals surface area contributed by atoms with E-state index >= 15 is 0 Å². The van der Waals surface area contributed by atoms with Crippen molar-refractivity contribution in [3.8, 4) is 0 Å². The van der Waals surface area contributed by atoms with Gasteiger partial charge in [0.25, 0.3) is 0 Å². The van der Waals surface area contributed by atoms with Crippen LogP contribution in [0.25, 0.3) is 10.9 Å². The van der Waals surface area contributed by atoms with Crippen LogP contribution in [0.2, 0.25) is 0 Å². The minimum Gasteiger partial charge on any atom is -0.376 e. The summed E-state index contributed by atoms with van der Waals surface area (Å²) < 4.78 is 5.67. The summed E-state index contributed by atoms with van der Waals surface area (Å²) in [5.41, 5.74) is 0.977. The molecule has 110 valence electrons. The summed E-state index contributed by atoms with van der Waals surface area (Å²) in [6.07, 6.45) is 5.02. The molecule has 2 aliphatic rings. The van der Waals surface area contributed by atoms with Crippen molar-refractivity contribution in [1.82, 2.24) is 9.97 Å². The number of hydrogen-bond acceptors (Lipinski definition) is 5. The van der Waals surface area contributed by atoms with Gasteiger partial charge in [-0.1, -0.05) is 12.1 Å². The molecule has 21 heavy (non-hydrogen) atoms. The molecule has 1 aromatic heterocycles. The largest absolute Gasteiger partial charge is 0.376 e. The van der Waals surface area contributed by atoms with Crippen LogP contribution < -0.4 is 10.6 Å². The zero-order valence-electron chi connectivity index (χ0n) is 12.0. The summed E-state index contributed by atoms with van der Waals surface area (Å²) in [6.45, 7) is 1.69. The van der Waals surface area contributed by atoms with Crippen LogP contribution in [0.4, 0.5) is 11.8 Å². The Morgan fingerprint density at radius 3 is 2.86 bits per heavy atom. The number of rotatable bonds is 5. The van der Waals surface area contributed by atoms with Crippen LogP contribution in [0.5, 0.6) is 0 Å². The van der Waals surface area contributed by atoms with Crippen LogP contribution in [0.15, 0.2) is 24.3 Å². The Morgan fingerprint density at radius 2 is 2.05 bits per heavy atom. The van der Waals surface area contributed by atoms with Gasteiger partial charge in [-0.3, -0.25) is 0 Å². The molecule has 0 amide bonds. The summed E-state index contributed by atoms with van der Waals surface area (Å²) >= 11 is 0. The Morgan fingerprint density at radius 1 is 1.14 bits per heavy atom. The van der Waals surface area contributed by atoms with Crippen LogP contribution in [0.3, 0.4) is 0 Å². The molecule has 1 aromatic carbocycles. The first-order valence-electron chi connectivity index (χ1n) is 7.77. The average molecular weight is 284 g/mol. The number of para-hydroxylation sites is 1. The number of hydrogen-bond donors (Lipinski definition) is 2. The Hall–Kier alpha value is -1.88. The first-order valence-corrected chi connectivity index (χ1v) is 7.77. The first-order chi connectivity index (χ1) is 10.4. The third kappa shape index (κ3) is 2.93. The number of nitrogens with one attached hydrogen (secondary N) is 2. The van der Waals surface area contributed by atoms with E-state index in [0.29, 0.717) is 12.1 Å². The highest BCUT2D eigenvalue weighted by Gasteiger charge is 2.22. The van der Waals surface area contributed by atoms with Gasteiger partial charge in [0.15, 0.2) is 0 Å². The molecule has 2 aromatic rings. The van der Waals surface area contributed by atoms with Crippen LogP contribution in [-0.4, -0.2) is 35.3 Å². The number of benzene rings is 1. The molecule has 5 heteroatoms. The van der Waals surface area contributed by atoms with Gasteiger partial charge in [0, 0.05) is 24.6 Å². The first kappa shape index (κ1) is 12.8. The normalized spacial score (nSPS) is 21.6. The lowest BCUT2D eigenvalue weighted by Gasteiger charge is -2.14. The maximum absolute atomic E-state index is 5.67. The number of fused-ring (bicyclic) bond motifs is 1. The maximum Gasteiger partial charge on any atom is 0.225 e. The molecule has 0 radical (unpaired) electrons. The van der Waals surface area contributed by atoms with E-state index in [0.717, 1.165) is 48.7 Å². The summed E-state index contributed by atoms with van der Waals surface area (Å²) in [7, 11) is 0. The zero-order chi connectivity index (χ0) is 14.1. The standard InChI is InChI=1S/C16H20N4O/c1-2-6-14-13(5-1)15(17-10-12-4-3-9-21-12)20-16(19-14)18-11-7-8-11/h1-2,5-6,11-12H,3-4,7-10H2,(H2,17,18,19,20). The number of ether oxygens (including phenoxy) is 1. The van der Waals surface area contributed by atoms with Crippen molar-refractivity contribution >= 4 is 22.7 Å². The van der Waals surface area contributed by atoms with Crippen molar-refractivity contribution in [2.45, 2.75) is 37.8 Å². The Kier molecular flexibility index (Phi) is 3.35. The topological polar surface area (TPSA) is 59.1 Å². The summed E-state index contributed by atoms with van der Waals surface area (Å²) in [4.78, 5) is 9.26. The molecule has 0 bridgehead atoms. The molecule has 1 saturated heterocycles. The van der Waals surface area contributed by atoms with E-state index < -0.39 is 0 Å². The highest BCUT2D eigenvalue weighted by atomic mass is 16.5. The SMILES string of the molecule is c1ccc2c(NCC3CCCO3)nc(NC3CC3)nc2c1. The fourth-order valence-electron chi connectivity index (χ4n) is 2.70. The molecule has 1 aliphatic heterocycles. The monoisotopic (exact) mass is 284 g/mol. The zero-order valence-corrected chi connectivity index (χ0v) is 12.0. The van der Waals surface area contributed by atoms with Crippen LogP contribution in [-0.2, 0) is 4.74 Å². The van der Waals surface area contributed by atoms with Crippen molar-refractivity contribution < 1.29 is 4.74 Å². The van der Waals surface area contributed by atoms with E-state index in [1.54, 1.807) is 0 Å². The van der Waals surface area contributed by atoms with Crippen molar-refractivity contribution in [3.63, 3.8) is 0 Å². The molecule has 4 rings (SSSR count). The van der Waals surface area contributed by atoms with Gasteiger partial charge >= 0.3 is 0 Å². The second-order valence-corrected chi connectivity index (χ2v) is 5.85. The number of nitrogens with zero attached hydrogens (tertiary/aromatic N) is 2. The van der Waals surface area contributed by atoms with Gasteiger partial charge < -0.3 is 15.4 Å². The molecule has 2 fully saturated rings. The second kappa shape index (κ2) is 5.48. The molecule has 0 spiro atoms. The lowest BCUT2D eigenvalue weighted by Crippen LogP contribution is -2.19. The van der Waals surface area contributed by atoms with Crippen molar-refractivity contribution in [2.24, 2.45) is 0 Å². The van der Waals surface area contributed by atoms with Crippen molar-refractivity contribution in [1.29, 1.82) is 0 Å². The van der Waals surface area contributed by atoms with Crippen LogP contribution in [0.1, 0.15) is 25.7 Å². The molecule has 1 atom stereocenters. The summed E-state index contributed by atoms with van der Waals surface area (Å²) in [6, 6.07) is 8.69. The highest BCUT2D eigenvalue weighted by molar-refractivity contribution is 5.90. The average Bonchev–Trinajstić information content (AvgIpc) is 3.16. The predicted molar refractivity (Wildman–Crippen MR) is 83.6 cm³/mol. The summed E-state index contributed by atoms with van der Waals surface area (Å²) in [5, 5.41) is 7.90. The maximum atomic E-state index is 5.67. The van der Waals surface area contributed by atoms with Gasteiger partial charge in [-0.05, 0) is 37.8 Å². The van der Waals surface area contributed by atoms with E-state index in [1.807, 2.05) is 18.2 Å². The van der Waals surface area contributed by atoms with Gasteiger partial charge in [-0.25, -0.2) is 4.98 Å². The van der Waals surface area contributed by atoms with E-state index in [1.165, 1.54) is 12.8 Å². The molecule has 5 nitrogen and oxygen atoms in total. The molecule has 2 heterocycles. The Bertz CT molecular complexity index is 635. The molecular formula is C16H20N4O. The van der Waals surface area contributed by atoms with E-state index in [2.05, 4.69) is 26.7 Å². The van der Waals surface area contributed by atoms with Gasteiger partial charge in [0.2, 0.25) is 5.95 Å². The highest BCUT2D eigenvalue weighted by Crippen LogP contribution is 2.27. The number of aromatic nitrogens is 2. The molecule has 1 saturated carbocycles. The Balaban J connectivity index is 1.60. The summed E-state index contributed by atoms with van der Waals surface area (Å²) in [5.74, 6) is 1.63. The van der Waals surface area contributed by atoms with Crippen molar-refractivity contribution in [2.75, 3.05) is 23.8 Å². The van der Waals surface area contributed by atoms with Gasteiger partial charge in [-0.15, -0.1) is 0 Å².